The van der Waals surface area contributed by atoms with Gasteiger partial charge in [-0.3, -0.25) is 4.79 Å². The van der Waals surface area contributed by atoms with Crippen LogP contribution in [-0.4, -0.2) is 20.7 Å². The average Bonchev–Trinajstić information content (AvgIpc) is 3.22. The molecule has 6 heteroatoms. The Morgan fingerprint density at radius 2 is 2.32 bits per heavy atom. The SMILES string of the molecule is N#Cc1cnn(-c2ccccn2)c1NC(=O)C1CC1. The highest BCUT2D eigenvalue weighted by molar-refractivity contribution is 5.94. The molecule has 19 heavy (non-hydrogen) atoms. The number of aromatic nitrogens is 3. The van der Waals surface area contributed by atoms with Gasteiger partial charge in [0, 0.05) is 12.1 Å². The Morgan fingerprint density at radius 3 is 2.95 bits per heavy atom. The second kappa shape index (κ2) is 4.53. The van der Waals surface area contributed by atoms with Crippen LogP contribution in [0.15, 0.2) is 30.6 Å². The predicted octanol–water partition coefficient (Wildman–Crippen LogP) is 1.49. The molecule has 1 amide bonds. The zero-order valence-electron chi connectivity index (χ0n) is 10.1. The van der Waals surface area contributed by atoms with Gasteiger partial charge in [-0.15, -0.1) is 0 Å². The fourth-order valence-electron chi connectivity index (χ4n) is 1.77. The van der Waals surface area contributed by atoms with E-state index in [4.69, 9.17) is 5.26 Å². The summed E-state index contributed by atoms with van der Waals surface area (Å²) >= 11 is 0. The fourth-order valence-corrected chi connectivity index (χ4v) is 1.77. The summed E-state index contributed by atoms with van der Waals surface area (Å²) in [7, 11) is 0. The largest absolute Gasteiger partial charge is 0.309 e. The Hall–Kier alpha value is -2.68. The molecular weight excluding hydrogens is 242 g/mol. The Labute approximate surface area is 109 Å². The van der Waals surface area contributed by atoms with Crippen molar-refractivity contribution in [3.8, 4) is 11.9 Å². The van der Waals surface area contributed by atoms with Gasteiger partial charge >= 0.3 is 0 Å². The van der Waals surface area contributed by atoms with E-state index < -0.39 is 0 Å². The molecular formula is C13H11N5O. The lowest BCUT2D eigenvalue weighted by molar-refractivity contribution is -0.117. The molecule has 2 aromatic heterocycles. The third-order valence-electron chi connectivity index (χ3n) is 2.95. The first-order chi connectivity index (χ1) is 9.29. The summed E-state index contributed by atoms with van der Waals surface area (Å²) in [6.45, 7) is 0. The summed E-state index contributed by atoms with van der Waals surface area (Å²) in [5.41, 5.74) is 0.333. The van der Waals surface area contributed by atoms with Crippen molar-refractivity contribution in [1.82, 2.24) is 14.8 Å². The maximum absolute atomic E-state index is 11.8. The van der Waals surface area contributed by atoms with Crippen LogP contribution in [0.5, 0.6) is 0 Å². The van der Waals surface area contributed by atoms with E-state index in [1.54, 1.807) is 18.3 Å². The normalized spacial score (nSPS) is 13.8. The maximum atomic E-state index is 11.8. The molecule has 0 atom stereocenters. The molecule has 1 aliphatic rings. The van der Waals surface area contributed by atoms with Gasteiger partial charge in [0.05, 0.1) is 6.20 Å². The molecule has 1 aliphatic carbocycles. The number of hydrogen-bond acceptors (Lipinski definition) is 4. The first-order valence-corrected chi connectivity index (χ1v) is 6.00. The molecule has 1 N–H and O–H groups in total. The lowest BCUT2D eigenvalue weighted by atomic mass is 10.3. The van der Waals surface area contributed by atoms with Crippen molar-refractivity contribution in [2.45, 2.75) is 12.8 Å². The Balaban J connectivity index is 1.98. The molecule has 2 aromatic rings. The van der Waals surface area contributed by atoms with Crippen LogP contribution < -0.4 is 5.32 Å². The highest BCUT2D eigenvalue weighted by Gasteiger charge is 2.31. The molecule has 0 saturated heterocycles. The van der Waals surface area contributed by atoms with E-state index in [0.717, 1.165) is 12.8 Å². The van der Waals surface area contributed by atoms with Gasteiger partial charge in [-0.1, -0.05) is 6.07 Å². The molecule has 6 nitrogen and oxygen atoms in total. The fraction of sp³-hybridized carbons (Fsp3) is 0.231. The van der Waals surface area contributed by atoms with Crippen molar-refractivity contribution < 1.29 is 4.79 Å². The number of nitrogens with one attached hydrogen (secondary N) is 1. The zero-order valence-corrected chi connectivity index (χ0v) is 10.1. The predicted molar refractivity (Wildman–Crippen MR) is 67.4 cm³/mol. The molecule has 1 fully saturated rings. The van der Waals surface area contributed by atoms with Crippen LogP contribution >= 0.6 is 0 Å². The molecule has 2 heterocycles. The molecule has 0 spiro atoms. The number of nitriles is 1. The highest BCUT2D eigenvalue weighted by Crippen LogP contribution is 2.31. The highest BCUT2D eigenvalue weighted by atomic mass is 16.2. The van der Waals surface area contributed by atoms with Crippen LogP contribution in [0, 0.1) is 17.2 Å². The Morgan fingerprint density at radius 1 is 1.47 bits per heavy atom. The molecule has 3 rings (SSSR count). The smallest absolute Gasteiger partial charge is 0.228 e. The van der Waals surface area contributed by atoms with Gasteiger partial charge < -0.3 is 5.32 Å². The first kappa shape index (κ1) is 11.4. The van der Waals surface area contributed by atoms with E-state index in [2.05, 4.69) is 15.4 Å². The van der Waals surface area contributed by atoms with Crippen LogP contribution in [0.25, 0.3) is 5.82 Å². The van der Waals surface area contributed by atoms with Crippen molar-refractivity contribution in [3.63, 3.8) is 0 Å². The minimum absolute atomic E-state index is 0.0609. The molecule has 0 aliphatic heterocycles. The summed E-state index contributed by atoms with van der Waals surface area (Å²) in [5.74, 6) is 0.959. The summed E-state index contributed by atoms with van der Waals surface area (Å²) < 4.78 is 1.47. The van der Waals surface area contributed by atoms with E-state index in [0.29, 0.717) is 17.2 Å². The van der Waals surface area contributed by atoms with Crippen molar-refractivity contribution in [1.29, 1.82) is 5.26 Å². The van der Waals surface area contributed by atoms with Crippen LogP contribution in [0.3, 0.4) is 0 Å². The average molecular weight is 253 g/mol. The number of amides is 1. The van der Waals surface area contributed by atoms with Gasteiger partial charge in [-0.2, -0.15) is 15.0 Å². The molecule has 1 saturated carbocycles. The third kappa shape index (κ3) is 2.18. The van der Waals surface area contributed by atoms with Crippen molar-refractivity contribution >= 4 is 11.7 Å². The number of carbonyl (C=O) groups is 1. The van der Waals surface area contributed by atoms with Crippen molar-refractivity contribution in [3.05, 3.63) is 36.2 Å². The second-order valence-electron chi connectivity index (χ2n) is 4.38. The van der Waals surface area contributed by atoms with E-state index in [1.807, 2.05) is 12.1 Å². The molecule has 94 valence electrons. The number of anilines is 1. The Kier molecular flexibility index (Phi) is 2.72. The van der Waals surface area contributed by atoms with Crippen molar-refractivity contribution in [2.24, 2.45) is 5.92 Å². The van der Waals surface area contributed by atoms with Crippen LogP contribution in [0.2, 0.25) is 0 Å². The van der Waals surface area contributed by atoms with Crippen LogP contribution in [0.4, 0.5) is 5.82 Å². The standard InChI is InChI=1S/C13H11N5O/c14-7-10-8-16-18(11-3-1-2-6-15-11)12(10)17-13(19)9-4-5-9/h1-3,6,8-9H,4-5H2,(H,17,19). The van der Waals surface area contributed by atoms with E-state index in [1.165, 1.54) is 10.9 Å². The molecule has 0 bridgehead atoms. The Bertz CT molecular complexity index is 651. The maximum Gasteiger partial charge on any atom is 0.228 e. The third-order valence-corrected chi connectivity index (χ3v) is 2.95. The summed E-state index contributed by atoms with van der Waals surface area (Å²) in [4.78, 5) is 16.0. The minimum atomic E-state index is -0.0609. The number of hydrogen-bond donors (Lipinski definition) is 1. The van der Waals surface area contributed by atoms with Gasteiger partial charge in [0.2, 0.25) is 5.91 Å². The summed E-state index contributed by atoms with van der Waals surface area (Å²) in [6.07, 6.45) is 4.88. The second-order valence-corrected chi connectivity index (χ2v) is 4.38. The molecule has 0 radical (unpaired) electrons. The number of nitrogens with zero attached hydrogens (tertiary/aromatic N) is 4. The van der Waals surface area contributed by atoms with E-state index in [-0.39, 0.29) is 11.8 Å². The number of carbonyl (C=O) groups excluding carboxylic acids is 1. The van der Waals surface area contributed by atoms with Crippen LogP contribution in [0.1, 0.15) is 18.4 Å². The van der Waals surface area contributed by atoms with Gasteiger partial charge in [0.25, 0.3) is 0 Å². The number of rotatable bonds is 3. The lowest BCUT2D eigenvalue weighted by Gasteiger charge is -2.08. The quantitative estimate of drug-likeness (QED) is 0.898. The van der Waals surface area contributed by atoms with E-state index >= 15 is 0 Å². The zero-order chi connectivity index (χ0) is 13.2. The topological polar surface area (TPSA) is 83.6 Å². The molecule has 0 aromatic carbocycles. The summed E-state index contributed by atoms with van der Waals surface area (Å²) in [5, 5.41) is 15.9. The van der Waals surface area contributed by atoms with Crippen LogP contribution in [-0.2, 0) is 4.79 Å². The minimum Gasteiger partial charge on any atom is -0.309 e. The van der Waals surface area contributed by atoms with Gasteiger partial charge in [0.15, 0.2) is 11.6 Å². The molecule has 0 unspecified atom stereocenters. The monoisotopic (exact) mass is 253 g/mol. The van der Waals surface area contributed by atoms with Gasteiger partial charge in [0.1, 0.15) is 11.6 Å². The number of pyridine rings is 1. The van der Waals surface area contributed by atoms with E-state index in [9.17, 15) is 4.79 Å². The van der Waals surface area contributed by atoms with Crippen molar-refractivity contribution in [2.75, 3.05) is 5.32 Å². The first-order valence-electron chi connectivity index (χ1n) is 6.00. The van der Waals surface area contributed by atoms with Gasteiger partial charge in [-0.25, -0.2) is 4.98 Å². The lowest BCUT2D eigenvalue weighted by Crippen LogP contribution is -2.17. The summed E-state index contributed by atoms with van der Waals surface area (Å²) in [6, 6.07) is 7.40. The van der Waals surface area contributed by atoms with Gasteiger partial charge in [-0.05, 0) is 25.0 Å².